The Hall–Kier alpha value is -1.87. The van der Waals surface area contributed by atoms with Crippen LogP contribution < -0.4 is 10.4 Å². The van der Waals surface area contributed by atoms with E-state index in [-0.39, 0.29) is 5.97 Å². The molecule has 128 valence electrons. The molecule has 0 bridgehead atoms. The summed E-state index contributed by atoms with van der Waals surface area (Å²) in [5.41, 5.74) is 0. The van der Waals surface area contributed by atoms with Crippen LogP contribution in [-0.4, -0.2) is 14.3 Å². The summed E-state index contributed by atoms with van der Waals surface area (Å²) in [4.78, 5) is 12.5. The molecule has 0 aliphatic carbocycles. The van der Waals surface area contributed by atoms with Crippen molar-refractivity contribution in [2.75, 3.05) is 0 Å². The molecule has 2 aromatic carbocycles. The molecule has 2 aromatic rings. The van der Waals surface area contributed by atoms with Gasteiger partial charge in [0.25, 0.3) is 5.97 Å². The van der Waals surface area contributed by atoms with E-state index in [9.17, 15) is 4.79 Å². The second kappa shape index (κ2) is 9.43. The fraction of sp³-hybridized carbons (Fsp3) is 0.381. The maximum atomic E-state index is 12.5. The van der Waals surface area contributed by atoms with Gasteiger partial charge in [-0.15, -0.1) is 0 Å². The summed E-state index contributed by atoms with van der Waals surface area (Å²) in [7, 11) is -2.53. The van der Waals surface area contributed by atoms with Gasteiger partial charge in [-0.3, -0.25) is 4.79 Å². The van der Waals surface area contributed by atoms with E-state index in [0.717, 1.165) is 31.7 Å². The summed E-state index contributed by atoms with van der Waals surface area (Å²) in [6.07, 6.45) is 4.57. The van der Waals surface area contributed by atoms with E-state index in [1.807, 2.05) is 36.4 Å². The lowest BCUT2D eigenvalue weighted by Crippen LogP contribution is -2.61. The van der Waals surface area contributed by atoms with E-state index in [1.54, 1.807) is 0 Å². The highest BCUT2D eigenvalue weighted by Crippen LogP contribution is 2.18. The average Bonchev–Trinajstić information content (AvgIpc) is 2.65. The fourth-order valence-corrected chi connectivity index (χ4v) is 7.08. The Morgan fingerprint density at radius 2 is 1.33 bits per heavy atom. The number of carbonyl (C=O) groups excluding carboxylic acids is 1. The summed E-state index contributed by atoms with van der Waals surface area (Å²) < 4.78 is 6.31. The molecule has 0 saturated heterocycles. The van der Waals surface area contributed by atoms with Crippen molar-refractivity contribution in [3.05, 3.63) is 60.7 Å². The predicted octanol–water partition coefficient (Wildman–Crippen LogP) is 4.28. The van der Waals surface area contributed by atoms with E-state index in [1.165, 1.54) is 10.4 Å². The van der Waals surface area contributed by atoms with Crippen LogP contribution in [0.25, 0.3) is 0 Å². The van der Waals surface area contributed by atoms with Crippen molar-refractivity contribution in [3.8, 4) is 0 Å². The lowest BCUT2D eigenvalue weighted by molar-refractivity contribution is -0.135. The first-order chi connectivity index (χ1) is 11.7. The van der Waals surface area contributed by atoms with Crippen molar-refractivity contribution in [3.63, 3.8) is 0 Å². The van der Waals surface area contributed by atoms with Crippen LogP contribution >= 0.6 is 0 Å². The number of hydrogen-bond acceptors (Lipinski definition) is 2. The van der Waals surface area contributed by atoms with Crippen molar-refractivity contribution in [1.29, 1.82) is 0 Å². The molecule has 0 aliphatic rings. The molecule has 0 spiro atoms. The summed E-state index contributed by atoms with van der Waals surface area (Å²) in [6.45, 7) is 4.29. The van der Waals surface area contributed by atoms with Gasteiger partial charge >= 0.3 is 8.32 Å². The van der Waals surface area contributed by atoms with Crippen LogP contribution in [0, 0.1) is 0 Å². The molecule has 2 rings (SSSR count). The van der Waals surface area contributed by atoms with Crippen LogP contribution in [0.15, 0.2) is 60.7 Å². The Labute approximate surface area is 147 Å². The van der Waals surface area contributed by atoms with Crippen LogP contribution in [0.4, 0.5) is 0 Å². The summed E-state index contributed by atoms with van der Waals surface area (Å²) in [5, 5.41) is 2.38. The Balaban J connectivity index is 2.45. The molecular formula is C21H28O2Si. The second-order valence-corrected chi connectivity index (χ2v) is 9.75. The van der Waals surface area contributed by atoms with Gasteiger partial charge in [-0.2, -0.15) is 0 Å². The average molecular weight is 341 g/mol. The molecule has 3 heteroatoms. The first-order valence-electron chi connectivity index (χ1n) is 9.06. The quantitative estimate of drug-likeness (QED) is 0.637. The van der Waals surface area contributed by atoms with Crippen molar-refractivity contribution in [2.24, 2.45) is 0 Å². The zero-order valence-electron chi connectivity index (χ0n) is 14.8. The Bertz CT molecular complexity index is 571. The van der Waals surface area contributed by atoms with Gasteiger partial charge in [0.05, 0.1) is 0 Å². The largest absolute Gasteiger partial charge is 0.510 e. The normalized spacial score (nSPS) is 11.2. The number of hydrogen-bond donors (Lipinski definition) is 0. The Morgan fingerprint density at radius 1 is 0.833 bits per heavy atom. The van der Waals surface area contributed by atoms with E-state index in [0.29, 0.717) is 6.42 Å². The molecule has 0 atom stereocenters. The molecule has 0 aromatic heterocycles. The lowest BCUT2D eigenvalue weighted by Gasteiger charge is -2.32. The maximum Gasteiger partial charge on any atom is 0.318 e. The molecule has 0 heterocycles. The zero-order valence-corrected chi connectivity index (χ0v) is 15.8. The standard InChI is InChI=1S/C21H28O2Si/c1-3-5-17-21(22)23-24(18-6-4-2,19-13-9-7-10-14-19)20-15-11-8-12-16-20/h7-16H,3-6,17-18H2,1-2H3. The maximum absolute atomic E-state index is 12.5. The third-order valence-corrected chi connectivity index (χ3v) is 8.55. The van der Waals surface area contributed by atoms with E-state index >= 15 is 0 Å². The summed E-state index contributed by atoms with van der Waals surface area (Å²) in [6, 6.07) is 21.7. The van der Waals surface area contributed by atoms with Crippen LogP contribution in [-0.2, 0) is 9.22 Å². The third-order valence-electron chi connectivity index (χ3n) is 4.39. The Morgan fingerprint density at radius 3 is 1.79 bits per heavy atom. The molecule has 0 fully saturated rings. The minimum Gasteiger partial charge on any atom is -0.510 e. The minimum atomic E-state index is -2.53. The van der Waals surface area contributed by atoms with Crippen molar-refractivity contribution in [2.45, 2.75) is 52.0 Å². The van der Waals surface area contributed by atoms with Gasteiger partial charge in [0.15, 0.2) is 0 Å². The summed E-state index contributed by atoms with van der Waals surface area (Å²) >= 11 is 0. The van der Waals surface area contributed by atoms with Gasteiger partial charge in [0.1, 0.15) is 0 Å². The highest BCUT2D eigenvalue weighted by Gasteiger charge is 2.42. The van der Waals surface area contributed by atoms with Crippen molar-refractivity contribution < 1.29 is 9.22 Å². The van der Waals surface area contributed by atoms with Gasteiger partial charge < -0.3 is 4.43 Å². The van der Waals surface area contributed by atoms with E-state index in [2.05, 4.69) is 38.1 Å². The molecule has 0 amide bonds. The molecule has 2 nitrogen and oxygen atoms in total. The predicted molar refractivity (Wildman–Crippen MR) is 103 cm³/mol. The highest BCUT2D eigenvalue weighted by atomic mass is 28.4. The fourth-order valence-electron chi connectivity index (χ4n) is 3.03. The molecule has 0 N–H and O–H groups in total. The van der Waals surface area contributed by atoms with Gasteiger partial charge in [-0.25, -0.2) is 0 Å². The monoisotopic (exact) mass is 340 g/mol. The minimum absolute atomic E-state index is 0.0488. The van der Waals surface area contributed by atoms with Crippen molar-refractivity contribution in [1.82, 2.24) is 0 Å². The van der Waals surface area contributed by atoms with Crippen LogP contribution in [0.1, 0.15) is 46.0 Å². The van der Waals surface area contributed by atoms with Gasteiger partial charge in [0, 0.05) is 6.42 Å². The number of benzene rings is 2. The first kappa shape index (κ1) is 18.5. The topological polar surface area (TPSA) is 26.3 Å². The SMILES string of the molecule is CCCCC(=O)O[Si](CCCC)(c1ccccc1)c1ccccc1. The number of rotatable bonds is 9. The highest BCUT2D eigenvalue weighted by molar-refractivity contribution is 6.98. The third kappa shape index (κ3) is 4.57. The molecular weight excluding hydrogens is 312 g/mol. The van der Waals surface area contributed by atoms with Crippen LogP contribution in [0.2, 0.25) is 6.04 Å². The van der Waals surface area contributed by atoms with Gasteiger partial charge in [-0.1, -0.05) is 93.8 Å². The molecule has 0 unspecified atom stereocenters. The van der Waals surface area contributed by atoms with Crippen LogP contribution in [0.5, 0.6) is 0 Å². The zero-order chi connectivity index (χ0) is 17.3. The van der Waals surface area contributed by atoms with E-state index < -0.39 is 8.32 Å². The summed E-state index contributed by atoms with van der Waals surface area (Å²) in [5.74, 6) is -0.0488. The molecule has 0 saturated carbocycles. The van der Waals surface area contributed by atoms with E-state index in [4.69, 9.17) is 4.43 Å². The number of carbonyl (C=O) groups is 1. The molecule has 24 heavy (non-hydrogen) atoms. The first-order valence-corrected chi connectivity index (χ1v) is 11.2. The van der Waals surface area contributed by atoms with Gasteiger partial charge in [-0.05, 0) is 22.8 Å². The number of unbranched alkanes of at least 4 members (excludes halogenated alkanes) is 2. The molecule has 0 radical (unpaired) electrons. The lowest BCUT2D eigenvalue weighted by atomic mass is 10.3. The Kier molecular flexibility index (Phi) is 7.25. The molecule has 0 aliphatic heterocycles. The van der Waals surface area contributed by atoms with Gasteiger partial charge in [0.2, 0.25) is 0 Å². The van der Waals surface area contributed by atoms with Crippen molar-refractivity contribution >= 4 is 24.7 Å². The second-order valence-electron chi connectivity index (χ2n) is 6.24. The smallest absolute Gasteiger partial charge is 0.318 e. The van der Waals surface area contributed by atoms with Crippen LogP contribution in [0.3, 0.4) is 0 Å².